The Bertz CT molecular complexity index is 168. The van der Waals surface area contributed by atoms with E-state index < -0.39 is 0 Å². The molecule has 1 heterocycles. The Labute approximate surface area is 48.1 Å². The minimum atomic E-state index is 0.949. The summed E-state index contributed by atoms with van der Waals surface area (Å²) in [5, 5.41) is 3.92. The highest BCUT2D eigenvalue weighted by molar-refractivity contribution is 4.97. The van der Waals surface area contributed by atoms with Gasteiger partial charge in [0.1, 0.15) is 0 Å². The second-order valence-electron chi connectivity index (χ2n) is 1.64. The Morgan fingerprint density at radius 3 is 2.88 bits per heavy atom. The summed E-state index contributed by atoms with van der Waals surface area (Å²) in [6.07, 6.45) is 2.68. The van der Waals surface area contributed by atoms with Gasteiger partial charge in [-0.1, -0.05) is 6.92 Å². The highest BCUT2D eigenvalue weighted by Gasteiger charge is 1.88. The van der Waals surface area contributed by atoms with Gasteiger partial charge in [0.25, 0.3) is 0 Å². The SMILES string of the molecule is CCc1ccn(N)n1. The first-order valence-corrected chi connectivity index (χ1v) is 2.62. The number of hydrogen-bond donors (Lipinski definition) is 1. The van der Waals surface area contributed by atoms with Crippen molar-refractivity contribution < 1.29 is 0 Å². The first-order valence-electron chi connectivity index (χ1n) is 2.62. The molecule has 0 radical (unpaired) electrons. The molecule has 1 aromatic heterocycles. The number of rotatable bonds is 1. The summed E-state index contributed by atoms with van der Waals surface area (Å²) in [5.41, 5.74) is 1.03. The Morgan fingerprint density at radius 2 is 2.62 bits per heavy atom. The lowest BCUT2D eigenvalue weighted by Gasteiger charge is -1.84. The van der Waals surface area contributed by atoms with E-state index in [1.54, 1.807) is 6.20 Å². The molecule has 8 heavy (non-hydrogen) atoms. The van der Waals surface area contributed by atoms with Gasteiger partial charge in [-0.25, -0.2) is 0 Å². The van der Waals surface area contributed by atoms with Crippen molar-refractivity contribution in [2.24, 2.45) is 0 Å². The molecular weight excluding hydrogens is 102 g/mol. The van der Waals surface area contributed by atoms with Gasteiger partial charge < -0.3 is 5.84 Å². The van der Waals surface area contributed by atoms with Crippen LogP contribution in [0.5, 0.6) is 0 Å². The van der Waals surface area contributed by atoms with E-state index in [0.29, 0.717) is 0 Å². The van der Waals surface area contributed by atoms with Crippen molar-refractivity contribution in [1.82, 2.24) is 9.89 Å². The van der Waals surface area contributed by atoms with E-state index in [-0.39, 0.29) is 0 Å². The molecule has 0 aliphatic carbocycles. The Morgan fingerprint density at radius 1 is 1.88 bits per heavy atom. The highest BCUT2D eigenvalue weighted by Crippen LogP contribution is 1.91. The van der Waals surface area contributed by atoms with Crippen LogP contribution in [0.1, 0.15) is 12.6 Å². The second-order valence-corrected chi connectivity index (χ2v) is 1.64. The number of nitrogen functional groups attached to an aromatic ring is 1. The Hall–Kier alpha value is -0.990. The van der Waals surface area contributed by atoms with Crippen LogP contribution in [0.2, 0.25) is 0 Å². The molecule has 0 atom stereocenters. The molecule has 0 saturated carbocycles. The van der Waals surface area contributed by atoms with Crippen LogP contribution in [0.15, 0.2) is 12.3 Å². The number of nitrogens with zero attached hydrogens (tertiary/aromatic N) is 2. The van der Waals surface area contributed by atoms with Crippen LogP contribution >= 0.6 is 0 Å². The Kier molecular flexibility index (Phi) is 1.20. The van der Waals surface area contributed by atoms with Crippen molar-refractivity contribution in [2.45, 2.75) is 13.3 Å². The van der Waals surface area contributed by atoms with Gasteiger partial charge in [-0.05, 0) is 12.5 Å². The lowest BCUT2D eigenvalue weighted by molar-refractivity contribution is 0.801. The molecule has 3 heteroatoms. The Balaban J connectivity index is 2.84. The van der Waals surface area contributed by atoms with E-state index in [2.05, 4.69) is 5.10 Å². The minimum Gasteiger partial charge on any atom is -0.323 e. The molecular formula is C5H9N3. The average molecular weight is 111 g/mol. The quantitative estimate of drug-likeness (QED) is 0.524. The third kappa shape index (κ3) is 0.804. The molecule has 0 saturated heterocycles. The third-order valence-electron chi connectivity index (χ3n) is 1.03. The van der Waals surface area contributed by atoms with Crippen molar-refractivity contribution in [2.75, 3.05) is 5.84 Å². The summed E-state index contributed by atoms with van der Waals surface area (Å²) in [6, 6.07) is 1.90. The van der Waals surface area contributed by atoms with Crippen LogP contribution in [0, 0.1) is 0 Å². The van der Waals surface area contributed by atoms with E-state index in [0.717, 1.165) is 12.1 Å². The maximum Gasteiger partial charge on any atom is 0.0642 e. The van der Waals surface area contributed by atoms with E-state index in [1.807, 2.05) is 13.0 Å². The number of nitrogens with two attached hydrogens (primary N) is 1. The first kappa shape index (κ1) is 5.15. The summed E-state index contributed by atoms with van der Waals surface area (Å²) in [6.45, 7) is 2.04. The molecule has 0 spiro atoms. The van der Waals surface area contributed by atoms with Gasteiger partial charge in [-0.3, -0.25) is 0 Å². The zero-order valence-corrected chi connectivity index (χ0v) is 4.83. The molecule has 0 unspecified atom stereocenters. The van der Waals surface area contributed by atoms with Gasteiger partial charge in [0.15, 0.2) is 0 Å². The van der Waals surface area contributed by atoms with Crippen LogP contribution < -0.4 is 5.84 Å². The van der Waals surface area contributed by atoms with Crippen LogP contribution in [-0.2, 0) is 6.42 Å². The standard InChI is InChI=1S/C5H9N3/c1-2-5-3-4-8(6)7-5/h3-4H,2,6H2,1H3. The third-order valence-corrected chi connectivity index (χ3v) is 1.03. The summed E-state index contributed by atoms with van der Waals surface area (Å²) in [5.74, 6) is 5.26. The normalized spacial score (nSPS) is 9.62. The molecule has 3 nitrogen and oxygen atoms in total. The smallest absolute Gasteiger partial charge is 0.0642 e. The molecule has 1 aromatic rings. The van der Waals surface area contributed by atoms with Crippen LogP contribution in [0.4, 0.5) is 0 Å². The molecule has 1 rings (SSSR count). The fourth-order valence-electron chi connectivity index (χ4n) is 0.566. The summed E-state index contributed by atoms with van der Waals surface area (Å²) in [4.78, 5) is 1.32. The van der Waals surface area contributed by atoms with Crippen molar-refractivity contribution in [3.63, 3.8) is 0 Å². The maximum absolute atomic E-state index is 5.26. The van der Waals surface area contributed by atoms with Crippen molar-refractivity contribution in [3.05, 3.63) is 18.0 Å². The van der Waals surface area contributed by atoms with Crippen molar-refractivity contribution in [1.29, 1.82) is 0 Å². The molecule has 0 bridgehead atoms. The molecule has 0 amide bonds. The van der Waals surface area contributed by atoms with Gasteiger partial charge in [-0.2, -0.15) is 9.89 Å². The lowest BCUT2D eigenvalue weighted by atomic mass is 10.4. The fraction of sp³-hybridized carbons (Fsp3) is 0.400. The van der Waals surface area contributed by atoms with E-state index in [1.165, 1.54) is 4.79 Å². The van der Waals surface area contributed by atoms with E-state index >= 15 is 0 Å². The largest absolute Gasteiger partial charge is 0.323 e. The van der Waals surface area contributed by atoms with Gasteiger partial charge in [0, 0.05) is 6.20 Å². The molecule has 2 N–H and O–H groups in total. The van der Waals surface area contributed by atoms with Crippen LogP contribution in [-0.4, -0.2) is 9.89 Å². The predicted molar refractivity (Wildman–Crippen MR) is 31.8 cm³/mol. The van der Waals surface area contributed by atoms with Gasteiger partial charge in [-0.15, -0.1) is 0 Å². The van der Waals surface area contributed by atoms with Crippen LogP contribution in [0.3, 0.4) is 0 Å². The van der Waals surface area contributed by atoms with Crippen molar-refractivity contribution in [3.8, 4) is 0 Å². The highest BCUT2D eigenvalue weighted by atomic mass is 15.5. The summed E-state index contributed by atoms with van der Waals surface area (Å²) < 4.78 is 0. The number of aromatic nitrogens is 2. The minimum absolute atomic E-state index is 0.949. The second kappa shape index (κ2) is 1.86. The molecule has 0 fully saturated rings. The van der Waals surface area contributed by atoms with Gasteiger partial charge in [0.2, 0.25) is 0 Å². The fourth-order valence-corrected chi connectivity index (χ4v) is 0.566. The first-order chi connectivity index (χ1) is 3.83. The average Bonchev–Trinajstić information content (AvgIpc) is 2.14. The summed E-state index contributed by atoms with van der Waals surface area (Å²) >= 11 is 0. The van der Waals surface area contributed by atoms with Gasteiger partial charge >= 0.3 is 0 Å². The number of aryl methyl sites for hydroxylation is 1. The predicted octanol–water partition coefficient (Wildman–Crippen LogP) is 0.159. The summed E-state index contributed by atoms with van der Waals surface area (Å²) in [7, 11) is 0. The molecule has 0 aromatic carbocycles. The van der Waals surface area contributed by atoms with Crippen LogP contribution in [0.25, 0.3) is 0 Å². The zero-order chi connectivity index (χ0) is 5.98. The molecule has 44 valence electrons. The topological polar surface area (TPSA) is 43.8 Å². The maximum atomic E-state index is 5.26. The zero-order valence-electron chi connectivity index (χ0n) is 4.83. The lowest BCUT2D eigenvalue weighted by Crippen LogP contribution is -2.08. The monoisotopic (exact) mass is 111 g/mol. The molecule has 0 aliphatic rings. The van der Waals surface area contributed by atoms with Crippen molar-refractivity contribution >= 4 is 0 Å². The van der Waals surface area contributed by atoms with Gasteiger partial charge in [0.05, 0.1) is 5.69 Å². The molecule has 0 aliphatic heterocycles. The number of hydrogen-bond acceptors (Lipinski definition) is 2. The van der Waals surface area contributed by atoms with E-state index in [4.69, 9.17) is 5.84 Å². The van der Waals surface area contributed by atoms with E-state index in [9.17, 15) is 0 Å².